The molecule has 0 radical (unpaired) electrons. The second kappa shape index (κ2) is 6.67. The topological polar surface area (TPSA) is 84.9 Å². The summed E-state index contributed by atoms with van der Waals surface area (Å²) in [6.07, 6.45) is 0. The number of hydrogen-bond acceptors (Lipinski definition) is 5. The molecule has 6 nitrogen and oxygen atoms in total. The summed E-state index contributed by atoms with van der Waals surface area (Å²) in [6, 6.07) is 14.9. The quantitative estimate of drug-likeness (QED) is 0.816. The Morgan fingerprint density at radius 3 is 2.40 bits per heavy atom. The van der Waals surface area contributed by atoms with Gasteiger partial charge in [0.2, 0.25) is 0 Å². The van der Waals surface area contributed by atoms with Gasteiger partial charge in [0.15, 0.2) is 0 Å². The highest BCUT2D eigenvalue weighted by molar-refractivity contribution is 5.93. The number of nitrogens with one attached hydrogen (secondary N) is 1. The first kappa shape index (κ1) is 14.0. The summed E-state index contributed by atoms with van der Waals surface area (Å²) in [7, 11) is 0. The van der Waals surface area contributed by atoms with Gasteiger partial charge in [0.25, 0.3) is 5.91 Å². The molecule has 6 heteroatoms. The van der Waals surface area contributed by atoms with Crippen molar-refractivity contribution in [2.45, 2.75) is 6.61 Å². The van der Waals surface area contributed by atoms with Crippen LogP contribution in [-0.2, 0) is 11.4 Å². The summed E-state index contributed by atoms with van der Waals surface area (Å²) >= 11 is 0. The first-order chi connectivity index (χ1) is 9.66. The number of rotatable bonds is 5. The Bertz CT molecular complexity index is 555. The lowest BCUT2D eigenvalue weighted by atomic mass is 10.2. The highest BCUT2D eigenvalue weighted by Gasteiger charge is 2.05. The molecule has 0 spiro atoms. The zero-order valence-electron chi connectivity index (χ0n) is 10.5. The third-order valence-corrected chi connectivity index (χ3v) is 2.60. The van der Waals surface area contributed by atoms with Crippen molar-refractivity contribution < 1.29 is 14.8 Å². The number of anilines is 1. The van der Waals surface area contributed by atoms with Crippen molar-refractivity contribution in [2.75, 3.05) is 5.23 Å². The second-order valence-corrected chi connectivity index (χ2v) is 4.03. The Balaban J connectivity index is 1.85. The number of hydrogen-bond donors (Lipinski definition) is 2. The van der Waals surface area contributed by atoms with Crippen LogP contribution in [0.3, 0.4) is 0 Å². The summed E-state index contributed by atoms with van der Waals surface area (Å²) in [5.41, 5.74) is 3.61. The molecular formula is C14H13N2O4-. The van der Waals surface area contributed by atoms with Gasteiger partial charge in [-0.1, -0.05) is 30.3 Å². The number of benzene rings is 2. The fourth-order valence-corrected chi connectivity index (χ4v) is 1.56. The number of carbonyl (C=O) groups is 1. The molecule has 0 heterocycles. The van der Waals surface area contributed by atoms with E-state index in [2.05, 4.69) is 5.48 Å². The lowest BCUT2D eigenvalue weighted by Gasteiger charge is -2.21. The predicted molar refractivity (Wildman–Crippen MR) is 72.8 cm³/mol. The van der Waals surface area contributed by atoms with Crippen LogP contribution in [-0.4, -0.2) is 11.1 Å². The van der Waals surface area contributed by atoms with Crippen LogP contribution < -0.4 is 10.7 Å². The van der Waals surface area contributed by atoms with Crippen LogP contribution >= 0.6 is 0 Å². The van der Waals surface area contributed by atoms with Gasteiger partial charge in [-0.3, -0.25) is 14.8 Å². The summed E-state index contributed by atoms with van der Waals surface area (Å²) < 4.78 is 0. The summed E-state index contributed by atoms with van der Waals surface area (Å²) in [6.45, 7) is 0.260. The molecule has 0 aliphatic rings. The molecule has 20 heavy (non-hydrogen) atoms. The van der Waals surface area contributed by atoms with Crippen molar-refractivity contribution in [1.29, 1.82) is 0 Å². The van der Waals surface area contributed by atoms with E-state index in [0.29, 0.717) is 5.56 Å². The molecule has 0 aliphatic heterocycles. The van der Waals surface area contributed by atoms with E-state index in [4.69, 9.17) is 10.0 Å². The Hall–Kier alpha value is -2.41. The van der Waals surface area contributed by atoms with E-state index in [9.17, 15) is 10.0 Å². The molecule has 0 saturated carbocycles. The van der Waals surface area contributed by atoms with E-state index >= 15 is 0 Å². The number of amides is 1. The minimum Gasteiger partial charge on any atom is -0.733 e. The molecule has 2 aromatic carbocycles. The van der Waals surface area contributed by atoms with Gasteiger partial charge in [-0.05, 0) is 29.8 Å². The third-order valence-electron chi connectivity index (χ3n) is 2.60. The van der Waals surface area contributed by atoms with Crippen LogP contribution in [0, 0.1) is 5.21 Å². The van der Waals surface area contributed by atoms with Gasteiger partial charge in [0.05, 0.1) is 12.3 Å². The van der Waals surface area contributed by atoms with Crippen molar-refractivity contribution in [3.8, 4) is 0 Å². The summed E-state index contributed by atoms with van der Waals surface area (Å²) in [5, 5.41) is 19.0. The fraction of sp³-hybridized carbons (Fsp3) is 0.0714. The van der Waals surface area contributed by atoms with Crippen LogP contribution in [0.2, 0.25) is 0 Å². The molecule has 0 bridgehead atoms. The molecule has 0 unspecified atom stereocenters. The smallest absolute Gasteiger partial charge is 0.274 e. The Morgan fingerprint density at radius 1 is 1.15 bits per heavy atom. The van der Waals surface area contributed by atoms with Crippen molar-refractivity contribution >= 4 is 11.6 Å². The van der Waals surface area contributed by atoms with Gasteiger partial charge in [-0.2, -0.15) is 0 Å². The average molecular weight is 273 g/mol. The molecule has 2 rings (SSSR count). The van der Waals surface area contributed by atoms with E-state index < -0.39 is 5.91 Å². The largest absolute Gasteiger partial charge is 0.733 e. The normalized spacial score (nSPS) is 10.1. The standard InChI is InChI=1S/C14H13N2O4/c17-14(12-6-8-13(9-7-12)16(18)19)15-20-10-11-4-2-1-3-5-11/h1-9,18H,10H2,(H,15,17)/q-1. The van der Waals surface area contributed by atoms with E-state index in [-0.39, 0.29) is 17.5 Å². The first-order valence-corrected chi connectivity index (χ1v) is 5.89. The maximum atomic E-state index is 11.7. The predicted octanol–water partition coefficient (Wildman–Crippen LogP) is 2.24. The Labute approximate surface area is 115 Å². The molecule has 2 N–H and O–H groups in total. The minimum absolute atomic E-state index is 0.0479. The highest BCUT2D eigenvalue weighted by atomic mass is 16.8. The molecule has 104 valence electrons. The van der Waals surface area contributed by atoms with Crippen molar-refractivity contribution in [2.24, 2.45) is 0 Å². The van der Waals surface area contributed by atoms with Gasteiger partial charge >= 0.3 is 0 Å². The van der Waals surface area contributed by atoms with Crippen LogP contribution in [0.5, 0.6) is 0 Å². The molecule has 0 saturated heterocycles. The second-order valence-electron chi connectivity index (χ2n) is 4.03. The fourth-order valence-electron chi connectivity index (χ4n) is 1.56. The van der Waals surface area contributed by atoms with E-state index in [1.165, 1.54) is 24.3 Å². The maximum absolute atomic E-state index is 11.7. The van der Waals surface area contributed by atoms with Gasteiger partial charge in [-0.25, -0.2) is 5.48 Å². The number of carbonyl (C=O) groups excluding carboxylic acids is 1. The molecular weight excluding hydrogens is 260 g/mol. The van der Waals surface area contributed by atoms with Gasteiger partial charge in [0, 0.05) is 5.56 Å². The monoisotopic (exact) mass is 273 g/mol. The van der Waals surface area contributed by atoms with E-state index in [1.54, 1.807) is 0 Å². The van der Waals surface area contributed by atoms with Crippen LogP contribution in [0.25, 0.3) is 0 Å². The first-order valence-electron chi connectivity index (χ1n) is 5.89. The molecule has 2 aromatic rings. The number of nitrogens with zero attached hydrogens (tertiary/aromatic N) is 1. The van der Waals surface area contributed by atoms with E-state index in [0.717, 1.165) is 5.56 Å². The average Bonchev–Trinajstić information content (AvgIpc) is 2.48. The molecule has 0 aliphatic carbocycles. The Morgan fingerprint density at radius 2 is 1.80 bits per heavy atom. The molecule has 0 fully saturated rings. The summed E-state index contributed by atoms with van der Waals surface area (Å²) in [5.74, 6) is -0.428. The zero-order chi connectivity index (χ0) is 14.4. The highest BCUT2D eigenvalue weighted by Crippen LogP contribution is 2.12. The zero-order valence-corrected chi connectivity index (χ0v) is 10.5. The van der Waals surface area contributed by atoms with Gasteiger partial charge in [-0.15, -0.1) is 0 Å². The van der Waals surface area contributed by atoms with Crippen molar-refractivity contribution in [1.82, 2.24) is 5.48 Å². The third kappa shape index (κ3) is 3.79. The van der Waals surface area contributed by atoms with Crippen molar-refractivity contribution in [3.63, 3.8) is 0 Å². The number of hydroxylamine groups is 1. The van der Waals surface area contributed by atoms with Crippen molar-refractivity contribution in [3.05, 3.63) is 70.9 Å². The SMILES string of the molecule is O=C(NOCc1ccccc1)c1ccc(N([O-])O)cc1. The van der Waals surface area contributed by atoms with Crippen LogP contribution in [0.15, 0.2) is 54.6 Å². The maximum Gasteiger partial charge on any atom is 0.274 e. The Kier molecular flexibility index (Phi) is 4.67. The molecule has 1 amide bonds. The van der Waals surface area contributed by atoms with E-state index in [1.807, 2.05) is 30.3 Å². The lowest BCUT2D eigenvalue weighted by Crippen LogP contribution is -2.23. The molecule has 0 aromatic heterocycles. The molecule has 0 atom stereocenters. The lowest BCUT2D eigenvalue weighted by molar-refractivity contribution is 0.0233. The summed E-state index contributed by atoms with van der Waals surface area (Å²) in [4.78, 5) is 16.8. The van der Waals surface area contributed by atoms with Gasteiger partial charge in [0.1, 0.15) is 0 Å². The van der Waals surface area contributed by atoms with Crippen LogP contribution in [0.4, 0.5) is 5.69 Å². The van der Waals surface area contributed by atoms with Crippen LogP contribution in [0.1, 0.15) is 15.9 Å². The van der Waals surface area contributed by atoms with Gasteiger partial charge < -0.3 is 10.4 Å². The minimum atomic E-state index is -0.428.